The van der Waals surface area contributed by atoms with Gasteiger partial charge in [-0.3, -0.25) is 4.90 Å². The van der Waals surface area contributed by atoms with Crippen molar-refractivity contribution in [3.8, 4) is 0 Å². The van der Waals surface area contributed by atoms with Crippen LogP contribution in [-0.2, 0) is 6.54 Å². The molecular weight excluding hydrogens is 287 g/mol. The Hall–Kier alpha value is -1.71. The first kappa shape index (κ1) is 14.9. The molecule has 0 spiro atoms. The van der Waals surface area contributed by atoms with E-state index in [1.807, 2.05) is 12.1 Å². The van der Waals surface area contributed by atoms with Crippen molar-refractivity contribution in [3.63, 3.8) is 0 Å². The van der Waals surface area contributed by atoms with Crippen LogP contribution in [0.1, 0.15) is 23.6 Å². The molecule has 3 heteroatoms. The predicted octanol–water partition coefficient (Wildman–Crippen LogP) is 3.61. The minimum atomic E-state index is -0.154. The van der Waals surface area contributed by atoms with Crippen LogP contribution in [0, 0.1) is 17.7 Å². The standard InChI is InChI=1S/C20H23FN2/c21-18-8-6-16(7-9-18)20-19-14-23(13-17(19)10-11-22-20)12-15-4-2-1-3-5-15/h1-9,17,19-20,22H,10-14H2. The van der Waals surface area contributed by atoms with E-state index in [1.54, 1.807) is 12.1 Å². The van der Waals surface area contributed by atoms with Crippen molar-refractivity contribution in [1.29, 1.82) is 0 Å². The molecule has 0 radical (unpaired) electrons. The van der Waals surface area contributed by atoms with Crippen molar-refractivity contribution in [1.82, 2.24) is 10.2 Å². The van der Waals surface area contributed by atoms with Gasteiger partial charge in [-0.2, -0.15) is 0 Å². The third-order valence-electron chi connectivity index (χ3n) is 5.35. The Kier molecular flexibility index (Phi) is 4.15. The number of nitrogens with one attached hydrogen (secondary N) is 1. The van der Waals surface area contributed by atoms with Gasteiger partial charge in [-0.05, 0) is 48.1 Å². The van der Waals surface area contributed by atoms with E-state index in [1.165, 1.54) is 24.1 Å². The van der Waals surface area contributed by atoms with Gasteiger partial charge in [-0.25, -0.2) is 4.39 Å². The van der Waals surface area contributed by atoms with Gasteiger partial charge in [0.05, 0.1) is 0 Å². The average Bonchev–Trinajstić information content (AvgIpc) is 2.99. The van der Waals surface area contributed by atoms with E-state index in [9.17, 15) is 4.39 Å². The van der Waals surface area contributed by atoms with E-state index in [0.717, 1.165) is 25.6 Å². The molecule has 2 saturated heterocycles. The summed E-state index contributed by atoms with van der Waals surface area (Å²) in [6, 6.07) is 18.1. The van der Waals surface area contributed by atoms with Crippen molar-refractivity contribution >= 4 is 0 Å². The summed E-state index contributed by atoms with van der Waals surface area (Å²) >= 11 is 0. The number of hydrogen-bond acceptors (Lipinski definition) is 2. The van der Waals surface area contributed by atoms with Gasteiger partial charge < -0.3 is 5.32 Å². The van der Waals surface area contributed by atoms with E-state index in [2.05, 4.69) is 40.5 Å². The molecule has 2 fully saturated rings. The SMILES string of the molecule is Fc1ccc(C2NCCC3CN(Cc4ccccc4)CC32)cc1. The molecule has 4 rings (SSSR count). The molecule has 2 heterocycles. The summed E-state index contributed by atoms with van der Waals surface area (Å²) in [4.78, 5) is 2.58. The number of piperidine rings is 1. The van der Waals surface area contributed by atoms with Crippen molar-refractivity contribution < 1.29 is 4.39 Å². The van der Waals surface area contributed by atoms with E-state index < -0.39 is 0 Å². The molecule has 0 bridgehead atoms. The van der Waals surface area contributed by atoms with Gasteiger partial charge in [-0.15, -0.1) is 0 Å². The van der Waals surface area contributed by atoms with Crippen LogP contribution in [0.5, 0.6) is 0 Å². The third kappa shape index (κ3) is 3.17. The zero-order valence-electron chi connectivity index (χ0n) is 13.3. The lowest BCUT2D eigenvalue weighted by Crippen LogP contribution is -2.39. The molecule has 0 aromatic heterocycles. The van der Waals surface area contributed by atoms with Crippen LogP contribution in [0.4, 0.5) is 4.39 Å². The third-order valence-corrected chi connectivity index (χ3v) is 5.35. The fourth-order valence-corrected chi connectivity index (χ4v) is 4.25. The van der Waals surface area contributed by atoms with Gasteiger partial charge >= 0.3 is 0 Å². The molecule has 2 aromatic carbocycles. The molecule has 3 unspecified atom stereocenters. The Morgan fingerprint density at radius 3 is 2.57 bits per heavy atom. The molecule has 2 aliphatic heterocycles. The number of rotatable bonds is 3. The fraction of sp³-hybridized carbons (Fsp3) is 0.400. The highest BCUT2D eigenvalue weighted by atomic mass is 19.1. The van der Waals surface area contributed by atoms with Gasteiger partial charge in [0.2, 0.25) is 0 Å². The number of fused-ring (bicyclic) bond motifs is 1. The summed E-state index contributed by atoms with van der Waals surface area (Å²) in [5, 5.41) is 3.66. The normalized spacial score (nSPS) is 27.8. The van der Waals surface area contributed by atoms with E-state index in [0.29, 0.717) is 12.0 Å². The zero-order valence-corrected chi connectivity index (χ0v) is 13.3. The second-order valence-corrected chi connectivity index (χ2v) is 6.88. The predicted molar refractivity (Wildman–Crippen MR) is 90.5 cm³/mol. The van der Waals surface area contributed by atoms with Gasteiger partial charge in [-0.1, -0.05) is 42.5 Å². The van der Waals surface area contributed by atoms with E-state index in [4.69, 9.17) is 0 Å². The van der Waals surface area contributed by atoms with E-state index >= 15 is 0 Å². The summed E-state index contributed by atoms with van der Waals surface area (Å²) in [5.74, 6) is 1.21. The van der Waals surface area contributed by atoms with Crippen molar-refractivity contribution in [2.45, 2.75) is 19.0 Å². The number of halogens is 1. The maximum Gasteiger partial charge on any atom is 0.123 e. The van der Waals surface area contributed by atoms with Crippen LogP contribution < -0.4 is 5.32 Å². The summed E-state index contributed by atoms with van der Waals surface area (Å²) in [5.41, 5.74) is 2.61. The van der Waals surface area contributed by atoms with Crippen LogP contribution in [0.3, 0.4) is 0 Å². The lowest BCUT2D eigenvalue weighted by Gasteiger charge is -2.34. The molecule has 0 saturated carbocycles. The Bertz CT molecular complexity index is 640. The van der Waals surface area contributed by atoms with Crippen molar-refractivity contribution in [2.24, 2.45) is 11.8 Å². The maximum absolute atomic E-state index is 13.2. The quantitative estimate of drug-likeness (QED) is 0.932. The second kappa shape index (κ2) is 6.42. The van der Waals surface area contributed by atoms with E-state index in [-0.39, 0.29) is 5.82 Å². The Balaban J connectivity index is 1.49. The average molecular weight is 310 g/mol. The lowest BCUT2D eigenvalue weighted by molar-refractivity contribution is 0.239. The molecule has 0 amide bonds. The van der Waals surface area contributed by atoms with Gasteiger partial charge in [0, 0.05) is 25.7 Å². The number of likely N-dealkylation sites (tertiary alicyclic amines) is 1. The molecule has 2 nitrogen and oxygen atoms in total. The molecule has 3 atom stereocenters. The van der Waals surface area contributed by atoms with Crippen LogP contribution in [-0.4, -0.2) is 24.5 Å². The Morgan fingerprint density at radius 2 is 1.78 bits per heavy atom. The van der Waals surface area contributed by atoms with Crippen LogP contribution in [0.2, 0.25) is 0 Å². The smallest absolute Gasteiger partial charge is 0.123 e. The minimum absolute atomic E-state index is 0.154. The summed E-state index contributed by atoms with van der Waals surface area (Å²) in [6.07, 6.45) is 1.24. The van der Waals surface area contributed by atoms with Gasteiger partial charge in [0.25, 0.3) is 0 Å². The van der Waals surface area contributed by atoms with Crippen molar-refractivity contribution in [2.75, 3.05) is 19.6 Å². The number of hydrogen-bond donors (Lipinski definition) is 1. The highest BCUT2D eigenvalue weighted by Crippen LogP contribution is 2.39. The summed E-state index contributed by atoms with van der Waals surface area (Å²) < 4.78 is 13.2. The maximum atomic E-state index is 13.2. The summed E-state index contributed by atoms with van der Waals surface area (Å²) in [6.45, 7) is 4.39. The molecule has 2 aliphatic rings. The first-order chi connectivity index (χ1) is 11.3. The van der Waals surface area contributed by atoms with Crippen LogP contribution >= 0.6 is 0 Å². The molecule has 0 aliphatic carbocycles. The molecule has 23 heavy (non-hydrogen) atoms. The van der Waals surface area contributed by atoms with Crippen LogP contribution in [0.25, 0.3) is 0 Å². The fourth-order valence-electron chi connectivity index (χ4n) is 4.25. The number of nitrogens with zero attached hydrogens (tertiary/aromatic N) is 1. The monoisotopic (exact) mass is 310 g/mol. The first-order valence-corrected chi connectivity index (χ1v) is 8.55. The second-order valence-electron chi connectivity index (χ2n) is 6.88. The molecule has 120 valence electrons. The van der Waals surface area contributed by atoms with Gasteiger partial charge in [0.1, 0.15) is 5.82 Å². The summed E-state index contributed by atoms with van der Waals surface area (Å²) in [7, 11) is 0. The zero-order chi connectivity index (χ0) is 15.6. The molecule has 1 N–H and O–H groups in total. The number of benzene rings is 2. The highest BCUT2D eigenvalue weighted by molar-refractivity contribution is 5.23. The molecule has 2 aromatic rings. The highest BCUT2D eigenvalue weighted by Gasteiger charge is 2.40. The Labute approximate surface area is 137 Å². The Morgan fingerprint density at radius 1 is 1.00 bits per heavy atom. The topological polar surface area (TPSA) is 15.3 Å². The minimum Gasteiger partial charge on any atom is -0.310 e. The largest absolute Gasteiger partial charge is 0.310 e. The van der Waals surface area contributed by atoms with Gasteiger partial charge in [0.15, 0.2) is 0 Å². The lowest BCUT2D eigenvalue weighted by atomic mass is 9.80. The first-order valence-electron chi connectivity index (χ1n) is 8.55. The van der Waals surface area contributed by atoms with Crippen LogP contribution in [0.15, 0.2) is 54.6 Å². The molecular formula is C20H23FN2. The van der Waals surface area contributed by atoms with Crippen molar-refractivity contribution in [3.05, 3.63) is 71.5 Å².